The fraction of sp³-hybridized carbons (Fsp3) is 0.667. The zero-order valence-corrected chi connectivity index (χ0v) is 12.4. The molecule has 0 N–H and O–H groups in total. The van der Waals surface area contributed by atoms with Gasteiger partial charge in [0.2, 0.25) is 0 Å². The number of fused-ring (bicyclic) bond motifs is 4. The van der Waals surface area contributed by atoms with Crippen LogP contribution in [0.3, 0.4) is 0 Å². The maximum absolute atomic E-state index is 2.82. The Morgan fingerprint density at radius 1 is 1.00 bits per heavy atom. The highest BCUT2D eigenvalue weighted by Crippen LogP contribution is 2.37. The molecule has 3 aliphatic heterocycles. The number of hydrogen-bond acceptors (Lipinski definition) is 2. The van der Waals surface area contributed by atoms with Gasteiger partial charge in [-0.15, -0.1) is 0 Å². The molecule has 2 nitrogen and oxygen atoms in total. The molecule has 1 aromatic rings. The molecular weight excluding hydrogens is 244 g/mol. The van der Waals surface area contributed by atoms with Crippen molar-refractivity contribution in [1.82, 2.24) is 9.80 Å². The van der Waals surface area contributed by atoms with E-state index in [4.69, 9.17) is 0 Å². The largest absolute Gasteiger partial charge is 0.300 e. The molecule has 108 valence electrons. The summed E-state index contributed by atoms with van der Waals surface area (Å²) in [5, 5.41) is 0. The summed E-state index contributed by atoms with van der Waals surface area (Å²) in [7, 11) is 0. The second kappa shape index (κ2) is 5.50. The van der Waals surface area contributed by atoms with Crippen molar-refractivity contribution >= 4 is 0 Å². The Balaban J connectivity index is 1.45. The molecule has 2 bridgehead atoms. The average molecular weight is 270 g/mol. The Morgan fingerprint density at radius 3 is 2.80 bits per heavy atom. The average Bonchev–Trinajstić information content (AvgIpc) is 2.48. The van der Waals surface area contributed by atoms with Crippen LogP contribution >= 0.6 is 0 Å². The smallest absolute Gasteiger partial charge is 0.0233 e. The third kappa shape index (κ3) is 2.51. The first-order chi connectivity index (χ1) is 9.88. The van der Waals surface area contributed by atoms with Crippen LogP contribution in [-0.4, -0.2) is 42.0 Å². The third-order valence-corrected chi connectivity index (χ3v) is 5.60. The van der Waals surface area contributed by atoms with Gasteiger partial charge >= 0.3 is 0 Å². The van der Waals surface area contributed by atoms with Crippen molar-refractivity contribution in [1.29, 1.82) is 0 Å². The number of nitrogens with zero attached hydrogens (tertiary/aromatic N) is 2. The Labute approximate surface area is 122 Å². The van der Waals surface area contributed by atoms with Crippen LogP contribution in [0.2, 0.25) is 0 Å². The van der Waals surface area contributed by atoms with Gasteiger partial charge in [0, 0.05) is 32.2 Å². The normalized spacial score (nSPS) is 34.7. The maximum Gasteiger partial charge on any atom is 0.0233 e. The first kappa shape index (κ1) is 12.8. The van der Waals surface area contributed by atoms with Crippen LogP contribution < -0.4 is 0 Å². The second-order valence-corrected chi connectivity index (χ2v) is 7.10. The zero-order chi connectivity index (χ0) is 13.4. The molecule has 3 atom stereocenters. The van der Waals surface area contributed by atoms with Crippen molar-refractivity contribution in [2.45, 2.75) is 38.3 Å². The van der Waals surface area contributed by atoms with E-state index in [1.807, 2.05) is 0 Å². The number of rotatable bonds is 2. The summed E-state index contributed by atoms with van der Waals surface area (Å²) in [6.07, 6.45) is 5.84. The van der Waals surface area contributed by atoms with E-state index in [1.54, 1.807) is 0 Å². The van der Waals surface area contributed by atoms with Crippen molar-refractivity contribution < 1.29 is 0 Å². The summed E-state index contributed by atoms with van der Waals surface area (Å²) in [5.74, 6) is 1.86. The predicted octanol–water partition coefficient (Wildman–Crippen LogP) is 2.99. The van der Waals surface area contributed by atoms with Gasteiger partial charge < -0.3 is 0 Å². The van der Waals surface area contributed by atoms with E-state index in [-0.39, 0.29) is 0 Å². The highest BCUT2D eigenvalue weighted by atomic mass is 15.2. The third-order valence-electron chi connectivity index (χ3n) is 5.60. The van der Waals surface area contributed by atoms with E-state index in [0.29, 0.717) is 0 Å². The molecule has 3 heterocycles. The number of benzene rings is 1. The molecule has 0 amide bonds. The molecule has 4 rings (SSSR count). The van der Waals surface area contributed by atoms with Gasteiger partial charge in [0.15, 0.2) is 0 Å². The van der Waals surface area contributed by atoms with E-state index in [2.05, 4.69) is 40.1 Å². The van der Waals surface area contributed by atoms with Gasteiger partial charge in [-0.3, -0.25) is 9.80 Å². The molecule has 3 saturated heterocycles. The van der Waals surface area contributed by atoms with Gasteiger partial charge in [-0.2, -0.15) is 0 Å². The van der Waals surface area contributed by atoms with E-state index in [9.17, 15) is 0 Å². The Morgan fingerprint density at radius 2 is 1.90 bits per heavy atom. The van der Waals surface area contributed by atoms with E-state index in [0.717, 1.165) is 24.4 Å². The van der Waals surface area contributed by atoms with Crippen LogP contribution in [0, 0.1) is 11.8 Å². The second-order valence-electron chi connectivity index (χ2n) is 7.10. The van der Waals surface area contributed by atoms with Crippen LogP contribution in [-0.2, 0) is 6.54 Å². The van der Waals surface area contributed by atoms with Crippen LogP contribution in [0.25, 0.3) is 0 Å². The molecule has 3 fully saturated rings. The van der Waals surface area contributed by atoms with Gasteiger partial charge in [0.1, 0.15) is 0 Å². The van der Waals surface area contributed by atoms with Crippen molar-refractivity contribution in [2.24, 2.45) is 11.8 Å². The number of likely N-dealkylation sites (tertiary alicyclic amines) is 1. The molecule has 0 radical (unpaired) electrons. The highest BCUT2D eigenvalue weighted by molar-refractivity contribution is 5.14. The van der Waals surface area contributed by atoms with Crippen LogP contribution in [0.15, 0.2) is 30.3 Å². The molecule has 1 aromatic carbocycles. The minimum atomic E-state index is 0.901. The Bertz CT molecular complexity index is 444. The maximum atomic E-state index is 2.82. The van der Waals surface area contributed by atoms with Gasteiger partial charge in [-0.25, -0.2) is 0 Å². The molecule has 0 spiro atoms. The predicted molar refractivity (Wildman–Crippen MR) is 82.5 cm³/mol. The summed E-state index contributed by atoms with van der Waals surface area (Å²) in [6.45, 7) is 6.53. The minimum absolute atomic E-state index is 0.901. The molecule has 20 heavy (non-hydrogen) atoms. The topological polar surface area (TPSA) is 6.48 Å². The molecule has 0 aromatic heterocycles. The molecule has 0 saturated carbocycles. The van der Waals surface area contributed by atoms with E-state index in [1.165, 1.54) is 57.4 Å². The molecule has 1 unspecified atom stereocenters. The minimum Gasteiger partial charge on any atom is -0.300 e. The Kier molecular flexibility index (Phi) is 3.53. The van der Waals surface area contributed by atoms with Crippen molar-refractivity contribution in [3.8, 4) is 0 Å². The zero-order valence-electron chi connectivity index (χ0n) is 12.4. The molecule has 0 aliphatic carbocycles. The summed E-state index contributed by atoms with van der Waals surface area (Å²) in [6, 6.07) is 11.9. The fourth-order valence-electron chi connectivity index (χ4n) is 4.84. The lowest BCUT2D eigenvalue weighted by Gasteiger charge is -2.52. The molecule has 2 heteroatoms. The number of piperidine rings is 3. The van der Waals surface area contributed by atoms with Crippen molar-refractivity contribution in [3.05, 3.63) is 35.9 Å². The quantitative estimate of drug-likeness (QED) is 0.815. The lowest BCUT2D eigenvalue weighted by Crippen LogP contribution is -2.58. The SMILES string of the molecule is c1ccc(CN2CC3C[C@@H](C2)[C@@H]2CCCCN2C3)cc1. The summed E-state index contributed by atoms with van der Waals surface area (Å²) in [5.41, 5.74) is 1.48. The van der Waals surface area contributed by atoms with Crippen LogP contribution in [0.1, 0.15) is 31.2 Å². The molecular formula is C18H26N2. The summed E-state index contributed by atoms with van der Waals surface area (Å²) in [4.78, 5) is 5.54. The fourth-order valence-corrected chi connectivity index (χ4v) is 4.84. The van der Waals surface area contributed by atoms with E-state index >= 15 is 0 Å². The van der Waals surface area contributed by atoms with Crippen LogP contribution in [0.4, 0.5) is 0 Å². The first-order valence-electron chi connectivity index (χ1n) is 8.39. The highest BCUT2D eigenvalue weighted by Gasteiger charge is 2.41. The lowest BCUT2D eigenvalue weighted by molar-refractivity contribution is -0.0325. The van der Waals surface area contributed by atoms with Gasteiger partial charge in [0.05, 0.1) is 0 Å². The van der Waals surface area contributed by atoms with Gasteiger partial charge in [-0.05, 0) is 43.2 Å². The van der Waals surface area contributed by atoms with Crippen molar-refractivity contribution in [2.75, 3.05) is 26.2 Å². The standard InChI is InChI=1S/C18H26N2/c1-2-6-15(7-3-1)11-19-12-16-10-17(14-19)18-8-4-5-9-20(18)13-16/h1-3,6-7,16-18H,4-5,8-14H2/t16?,17-,18-/m0/s1. The van der Waals surface area contributed by atoms with Crippen molar-refractivity contribution in [3.63, 3.8) is 0 Å². The monoisotopic (exact) mass is 270 g/mol. The van der Waals surface area contributed by atoms with Gasteiger partial charge in [-0.1, -0.05) is 36.8 Å². The molecule has 3 aliphatic rings. The van der Waals surface area contributed by atoms with Crippen LogP contribution in [0.5, 0.6) is 0 Å². The van der Waals surface area contributed by atoms with E-state index < -0.39 is 0 Å². The lowest BCUT2D eigenvalue weighted by atomic mass is 9.76. The van der Waals surface area contributed by atoms with Gasteiger partial charge in [0.25, 0.3) is 0 Å². The summed E-state index contributed by atoms with van der Waals surface area (Å²) < 4.78 is 0. The number of hydrogen-bond donors (Lipinski definition) is 0. The summed E-state index contributed by atoms with van der Waals surface area (Å²) >= 11 is 0. The Hall–Kier alpha value is -0.860. The first-order valence-corrected chi connectivity index (χ1v) is 8.39.